The fourth-order valence-electron chi connectivity index (χ4n) is 4.65. The number of aliphatic hydroxyl groups excluding tert-OH is 3. The van der Waals surface area contributed by atoms with Crippen LogP contribution in [0.1, 0.15) is 43.4 Å². The Morgan fingerprint density at radius 1 is 1.05 bits per heavy atom. The quantitative estimate of drug-likeness (QED) is 0.171. The number of phenolic OH excluding ortho intramolecular Hbond substituents is 2. The molecule has 0 amide bonds. The summed E-state index contributed by atoms with van der Waals surface area (Å²) in [7, 11) is 2.89. The van der Waals surface area contributed by atoms with Gasteiger partial charge in [0.05, 0.1) is 38.6 Å². The second kappa shape index (κ2) is 13.7. The normalized spacial score (nSPS) is 22.4. The molecule has 5 atom stereocenters. The minimum atomic E-state index is -0.694. The summed E-state index contributed by atoms with van der Waals surface area (Å²) >= 11 is 0. The van der Waals surface area contributed by atoms with Gasteiger partial charge in [0.15, 0.2) is 23.0 Å². The highest BCUT2D eigenvalue weighted by molar-refractivity contribution is 5.53. The van der Waals surface area contributed by atoms with Gasteiger partial charge in [0.2, 0.25) is 5.75 Å². The molecule has 0 bridgehead atoms. The molecule has 1 saturated heterocycles. The van der Waals surface area contributed by atoms with Crippen molar-refractivity contribution in [3.63, 3.8) is 0 Å². The first kappa shape index (κ1) is 28.8. The van der Waals surface area contributed by atoms with Crippen LogP contribution in [0.15, 0.2) is 30.3 Å². The summed E-state index contributed by atoms with van der Waals surface area (Å²) in [6, 6.07) is 8.48. The lowest BCUT2D eigenvalue weighted by Crippen LogP contribution is -2.40. The minimum Gasteiger partial charge on any atom is -0.504 e. The highest BCUT2D eigenvalue weighted by Gasteiger charge is 2.39. The zero-order valence-electron chi connectivity index (χ0n) is 21.6. The van der Waals surface area contributed by atoms with Gasteiger partial charge < -0.3 is 44.5 Å². The molecule has 10 heteroatoms. The van der Waals surface area contributed by atoms with Gasteiger partial charge in [0.25, 0.3) is 0 Å². The molecule has 0 unspecified atom stereocenters. The van der Waals surface area contributed by atoms with Crippen LogP contribution in [0.5, 0.6) is 28.7 Å². The van der Waals surface area contributed by atoms with Crippen molar-refractivity contribution < 1.29 is 44.5 Å². The van der Waals surface area contributed by atoms with Gasteiger partial charge in [-0.3, -0.25) is 5.32 Å². The van der Waals surface area contributed by atoms with Crippen molar-refractivity contribution in [2.45, 2.75) is 57.0 Å². The van der Waals surface area contributed by atoms with Gasteiger partial charge >= 0.3 is 0 Å². The van der Waals surface area contributed by atoms with Crippen LogP contribution in [0.2, 0.25) is 0 Å². The molecule has 1 fully saturated rings. The number of aryl methyl sites for hydroxylation is 1. The molecule has 1 aliphatic heterocycles. The van der Waals surface area contributed by atoms with Crippen molar-refractivity contribution in [2.75, 3.05) is 34.1 Å². The molecule has 1 heterocycles. The van der Waals surface area contributed by atoms with Gasteiger partial charge in [-0.1, -0.05) is 6.07 Å². The number of hydrogen-bond donors (Lipinski definition) is 6. The van der Waals surface area contributed by atoms with Crippen LogP contribution in [0.4, 0.5) is 0 Å². The maximum atomic E-state index is 11.0. The second-order valence-electron chi connectivity index (χ2n) is 9.36. The van der Waals surface area contributed by atoms with Crippen LogP contribution < -0.4 is 19.5 Å². The molecular formula is C27H39NO9. The maximum Gasteiger partial charge on any atom is 0.200 e. The number of phenols is 2. The van der Waals surface area contributed by atoms with Crippen molar-refractivity contribution >= 4 is 0 Å². The highest BCUT2D eigenvalue weighted by Crippen LogP contribution is 2.45. The molecule has 3 rings (SSSR count). The lowest BCUT2D eigenvalue weighted by molar-refractivity contribution is -0.144. The number of methoxy groups -OCH3 is 2. The molecule has 1 aliphatic rings. The van der Waals surface area contributed by atoms with Crippen LogP contribution in [0.25, 0.3) is 0 Å². The van der Waals surface area contributed by atoms with E-state index >= 15 is 0 Å². The zero-order valence-corrected chi connectivity index (χ0v) is 21.6. The lowest BCUT2D eigenvalue weighted by atomic mass is 9.82. The Labute approximate surface area is 217 Å². The van der Waals surface area contributed by atoms with E-state index in [0.717, 1.165) is 5.56 Å². The van der Waals surface area contributed by atoms with E-state index in [4.69, 9.17) is 18.9 Å². The Morgan fingerprint density at radius 2 is 1.76 bits per heavy atom. The average Bonchev–Trinajstić information content (AvgIpc) is 2.88. The van der Waals surface area contributed by atoms with Gasteiger partial charge in [-0.15, -0.1) is 0 Å². The topological polar surface area (TPSA) is 150 Å². The zero-order chi connectivity index (χ0) is 26.9. The van der Waals surface area contributed by atoms with E-state index in [1.165, 1.54) is 14.2 Å². The molecule has 206 valence electrons. The molecular weight excluding hydrogens is 482 g/mol. The number of nitrogens with one attached hydrogen (secondary N) is 1. The summed E-state index contributed by atoms with van der Waals surface area (Å²) < 4.78 is 22.6. The first-order valence-corrected chi connectivity index (χ1v) is 12.5. The summed E-state index contributed by atoms with van der Waals surface area (Å²) in [5, 5.41) is 53.3. The number of rotatable bonds is 13. The SMILES string of the molecule is COc1cc([C@H]2O[C@H](CCc3ccc(O)c(OCNC[C@H](C)O)c3)C[C@H](O)[C@@H]2CCO)cc(OC)c1O. The molecule has 0 spiro atoms. The van der Waals surface area contributed by atoms with Crippen molar-refractivity contribution in [1.29, 1.82) is 0 Å². The fraction of sp³-hybridized carbons (Fsp3) is 0.556. The summed E-state index contributed by atoms with van der Waals surface area (Å²) in [6.07, 6.45) is -0.0105. The monoisotopic (exact) mass is 521 g/mol. The number of benzene rings is 2. The van der Waals surface area contributed by atoms with Gasteiger partial charge in [-0.25, -0.2) is 0 Å². The Kier molecular flexibility index (Phi) is 10.7. The van der Waals surface area contributed by atoms with Gasteiger partial charge in [-0.05, 0) is 68.0 Å². The third kappa shape index (κ3) is 7.62. The van der Waals surface area contributed by atoms with E-state index < -0.39 is 18.3 Å². The number of ether oxygens (including phenoxy) is 4. The molecule has 6 N–H and O–H groups in total. The summed E-state index contributed by atoms with van der Waals surface area (Å²) in [6.45, 7) is 2.09. The van der Waals surface area contributed by atoms with Crippen LogP contribution in [0, 0.1) is 5.92 Å². The summed E-state index contributed by atoms with van der Waals surface area (Å²) in [4.78, 5) is 0. The van der Waals surface area contributed by atoms with E-state index in [1.54, 1.807) is 31.2 Å². The van der Waals surface area contributed by atoms with Crippen molar-refractivity contribution in [3.8, 4) is 28.7 Å². The summed E-state index contributed by atoms with van der Waals surface area (Å²) in [5.74, 6) is 0.363. The van der Waals surface area contributed by atoms with Crippen LogP contribution in [-0.4, -0.2) is 77.9 Å². The average molecular weight is 522 g/mol. The Balaban J connectivity index is 1.72. The third-order valence-corrected chi connectivity index (χ3v) is 6.57. The molecule has 37 heavy (non-hydrogen) atoms. The van der Waals surface area contributed by atoms with E-state index in [2.05, 4.69) is 5.32 Å². The number of aromatic hydroxyl groups is 2. The van der Waals surface area contributed by atoms with Crippen LogP contribution >= 0.6 is 0 Å². The molecule has 2 aromatic rings. The Bertz CT molecular complexity index is 975. The van der Waals surface area contributed by atoms with E-state index in [9.17, 15) is 25.5 Å². The van der Waals surface area contributed by atoms with E-state index in [-0.39, 0.29) is 48.4 Å². The van der Waals surface area contributed by atoms with Crippen molar-refractivity contribution in [3.05, 3.63) is 41.5 Å². The van der Waals surface area contributed by atoms with Gasteiger partial charge in [0.1, 0.15) is 6.73 Å². The Morgan fingerprint density at radius 3 is 2.38 bits per heavy atom. The van der Waals surface area contributed by atoms with Gasteiger partial charge in [-0.2, -0.15) is 0 Å². The Hall–Kier alpha value is -2.76. The molecule has 0 radical (unpaired) electrons. The predicted molar refractivity (Wildman–Crippen MR) is 136 cm³/mol. The van der Waals surface area contributed by atoms with Crippen molar-refractivity contribution in [1.82, 2.24) is 5.32 Å². The predicted octanol–water partition coefficient (Wildman–Crippen LogP) is 2.24. The number of hydrogen-bond acceptors (Lipinski definition) is 10. The largest absolute Gasteiger partial charge is 0.504 e. The lowest BCUT2D eigenvalue weighted by Gasteiger charge is -2.40. The molecule has 10 nitrogen and oxygen atoms in total. The van der Waals surface area contributed by atoms with Crippen LogP contribution in [-0.2, 0) is 11.2 Å². The highest BCUT2D eigenvalue weighted by atomic mass is 16.5. The number of aliphatic hydroxyl groups is 3. The van der Waals surface area contributed by atoms with Crippen molar-refractivity contribution in [2.24, 2.45) is 5.92 Å². The molecule has 0 aliphatic carbocycles. The van der Waals surface area contributed by atoms with E-state index in [1.807, 2.05) is 6.07 Å². The van der Waals surface area contributed by atoms with Gasteiger partial charge in [0, 0.05) is 19.1 Å². The van der Waals surface area contributed by atoms with Crippen LogP contribution in [0.3, 0.4) is 0 Å². The third-order valence-electron chi connectivity index (χ3n) is 6.57. The first-order chi connectivity index (χ1) is 17.8. The molecule has 2 aromatic carbocycles. The maximum absolute atomic E-state index is 11.0. The molecule has 0 aromatic heterocycles. The second-order valence-corrected chi connectivity index (χ2v) is 9.36. The standard InChI is InChI=1S/C27H39NO9/c1-16(30)14-28-15-36-23-10-17(5-7-21(23)31)4-6-19-13-22(32)20(8-9-29)27(37-19)18-11-24(34-2)26(33)25(12-18)35-3/h5,7,10-12,16,19-20,22,27-33H,4,6,8-9,13-15H2,1-3H3/t16-,19+,20-,22-,27+/m0/s1. The minimum absolute atomic E-state index is 0.0223. The smallest absolute Gasteiger partial charge is 0.200 e. The van der Waals surface area contributed by atoms with E-state index in [0.29, 0.717) is 43.5 Å². The summed E-state index contributed by atoms with van der Waals surface area (Å²) in [5.41, 5.74) is 1.61. The fourth-order valence-corrected chi connectivity index (χ4v) is 4.65. The first-order valence-electron chi connectivity index (χ1n) is 12.5. The molecule has 0 saturated carbocycles.